The molecule has 1 atom stereocenters. The first-order chi connectivity index (χ1) is 6.63. The molecule has 1 aliphatic rings. The molecular weight excluding hydrogens is 188 g/mol. The van der Waals surface area contributed by atoms with Crippen LogP contribution in [0.4, 0.5) is 0 Å². The minimum absolute atomic E-state index is 0.295. The van der Waals surface area contributed by atoms with Gasteiger partial charge in [0.1, 0.15) is 6.04 Å². The van der Waals surface area contributed by atoms with Crippen molar-refractivity contribution >= 4 is 11.9 Å². The zero-order chi connectivity index (χ0) is 10.6. The molecule has 0 unspecified atom stereocenters. The monoisotopic (exact) mass is 202 g/mol. The summed E-state index contributed by atoms with van der Waals surface area (Å²) >= 11 is 0. The van der Waals surface area contributed by atoms with Crippen LogP contribution in [-0.2, 0) is 9.59 Å². The highest BCUT2D eigenvalue weighted by Gasteiger charge is 2.23. The number of aliphatic hydroxyl groups is 1. The van der Waals surface area contributed by atoms with Gasteiger partial charge in [0.15, 0.2) is 0 Å². The van der Waals surface area contributed by atoms with E-state index in [0.29, 0.717) is 12.3 Å². The molecule has 0 bridgehead atoms. The summed E-state index contributed by atoms with van der Waals surface area (Å²) < 4.78 is 0. The van der Waals surface area contributed by atoms with Gasteiger partial charge in [-0.25, -0.2) is 4.79 Å². The smallest absolute Gasteiger partial charge is 0.328 e. The summed E-state index contributed by atoms with van der Waals surface area (Å²) in [5.41, 5.74) is 0. The lowest BCUT2D eigenvalue weighted by Crippen LogP contribution is -2.48. The van der Waals surface area contributed by atoms with Gasteiger partial charge in [-0.1, -0.05) is 0 Å². The number of aliphatic carboxylic acids is 1. The lowest BCUT2D eigenvalue weighted by Gasteiger charge is -2.26. The number of carbonyl (C=O) groups excluding carboxylic acids is 1. The van der Waals surface area contributed by atoms with Gasteiger partial charge in [-0.3, -0.25) is 4.79 Å². The van der Waals surface area contributed by atoms with Gasteiger partial charge in [-0.15, -0.1) is 0 Å². The van der Waals surface area contributed by atoms with E-state index in [4.69, 9.17) is 10.2 Å². The highest BCUT2D eigenvalue weighted by atomic mass is 16.4. The molecule has 0 saturated carbocycles. The Morgan fingerprint density at radius 2 is 2.14 bits per heavy atom. The summed E-state index contributed by atoms with van der Waals surface area (Å²) in [5, 5.41) is 22.4. The third-order valence-corrected chi connectivity index (χ3v) is 2.16. The number of amides is 1. The van der Waals surface area contributed by atoms with Crippen LogP contribution >= 0.6 is 0 Å². The minimum atomic E-state index is -1.22. The van der Waals surface area contributed by atoms with E-state index in [1.54, 1.807) is 0 Å². The fourth-order valence-electron chi connectivity index (χ4n) is 1.19. The lowest BCUT2D eigenvalue weighted by molar-refractivity contribution is -0.143. The zero-order valence-electron chi connectivity index (χ0n) is 7.69. The number of hydrogen-bond acceptors (Lipinski definition) is 4. The Morgan fingerprint density at radius 1 is 1.50 bits per heavy atom. The summed E-state index contributed by atoms with van der Waals surface area (Å²) in [6.45, 7) is 1.01. The van der Waals surface area contributed by atoms with Crippen LogP contribution in [-0.4, -0.2) is 47.8 Å². The standard InChI is InChI=1S/C8H14N2O4/c11-4-6(8(13)14)10-7(12)1-5-2-9-3-5/h5-6,9,11H,1-4H2,(H,10,12)(H,13,14)/t6-/m1/s1. The second kappa shape index (κ2) is 4.92. The van der Waals surface area contributed by atoms with Crippen LogP contribution in [0, 0.1) is 5.92 Å². The fourth-order valence-corrected chi connectivity index (χ4v) is 1.19. The maximum atomic E-state index is 11.2. The Bertz CT molecular complexity index is 227. The number of hydrogen-bond donors (Lipinski definition) is 4. The summed E-state index contributed by atoms with van der Waals surface area (Å²) in [6, 6.07) is -1.18. The van der Waals surface area contributed by atoms with Gasteiger partial charge >= 0.3 is 5.97 Å². The zero-order valence-corrected chi connectivity index (χ0v) is 7.69. The summed E-state index contributed by atoms with van der Waals surface area (Å²) in [6.07, 6.45) is 0.316. The van der Waals surface area contributed by atoms with Crippen molar-refractivity contribution in [3.8, 4) is 0 Å². The van der Waals surface area contributed by atoms with Crippen molar-refractivity contribution in [2.24, 2.45) is 5.92 Å². The predicted octanol–water partition coefficient (Wildman–Crippen LogP) is -1.84. The van der Waals surface area contributed by atoms with E-state index in [0.717, 1.165) is 13.1 Å². The van der Waals surface area contributed by atoms with Gasteiger partial charge in [-0.2, -0.15) is 0 Å². The molecule has 0 aromatic heterocycles. The van der Waals surface area contributed by atoms with Crippen LogP contribution in [0.15, 0.2) is 0 Å². The van der Waals surface area contributed by atoms with Gasteiger partial charge in [-0.05, 0) is 19.0 Å². The fraction of sp³-hybridized carbons (Fsp3) is 0.750. The second-order valence-corrected chi connectivity index (χ2v) is 3.37. The first-order valence-corrected chi connectivity index (χ1v) is 4.47. The van der Waals surface area contributed by atoms with E-state index in [2.05, 4.69) is 10.6 Å². The summed E-state index contributed by atoms with van der Waals surface area (Å²) in [4.78, 5) is 21.7. The molecule has 1 saturated heterocycles. The molecule has 1 aliphatic heterocycles. The molecular formula is C8H14N2O4. The van der Waals surface area contributed by atoms with Crippen molar-refractivity contribution in [1.82, 2.24) is 10.6 Å². The van der Waals surface area contributed by atoms with E-state index in [1.165, 1.54) is 0 Å². The van der Waals surface area contributed by atoms with E-state index in [1.807, 2.05) is 0 Å². The molecule has 80 valence electrons. The molecule has 1 amide bonds. The number of rotatable bonds is 5. The van der Waals surface area contributed by atoms with E-state index < -0.39 is 18.6 Å². The number of carbonyl (C=O) groups is 2. The topological polar surface area (TPSA) is 98.7 Å². The van der Waals surface area contributed by atoms with Crippen molar-refractivity contribution in [1.29, 1.82) is 0 Å². The van der Waals surface area contributed by atoms with Gasteiger partial charge in [0.05, 0.1) is 6.61 Å². The molecule has 0 aromatic rings. The Balaban J connectivity index is 2.26. The number of carboxylic acids is 1. The maximum Gasteiger partial charge on any atom is 0.328 e. The van der Waals surface area contributed by atoms with E-state index in [-0.39, 0.29) is 5.91 Å². The number of aliphatic hydroxyl groups excluding tert-OH is 1. The minimum Gasteiger partial charge on any atom is -0.480 e. The Labute approximate surface area is 81.3 Å². The molecule has 0 aromatic carbocycles. The van der Waals surface area contributed by atoms with Gasteiger partial charge < -0.3 is 20.8 Å². The molecule has 6 heteroatoms. The van der Waals surface area contributed by atoms with Crippen LogP contribution in [0.2, 0.25) is 0 Å². The van der Waals surface area contributed by atoms with Gasteiger partial charge in [0.25, 0.3) is 0 Å². The lowest BCUT2D eigenvalue weighted by atomic mass is 9.99. The van der Waals surface area contributed by atoms with Crippen LogP contribution in [0.25, 0.3) is 0 Å². The molecule has 1 rings (SSSR count). The summed E-state index contributed by atoms with van der Waals surface area (Å²) in [7, 11) is 0. The average Bonchev–Trinajstić information content (AvgIpc) is 2.07. The van der Waals surface area contributed by atoms with Crippen molar-refractivity contribution in [2.75, 3.05) is 19.7 Å². The molecule has 1 fully saturated rings. The predicted molar refractivity (Wildman–Crippen MR) is 47.6 cm³/mol. The van der Waals surface area contributed by atoms with Crippen molar-refractivity contribution in [3.05, 3.63) is 0 Å². The number of nitrogens with one attached hydrogen (secondary N) is 2. The average molecular weight is 202 g/mol. The van der Waals surface area contributed by atoms with Gasteiger partial charge in [0.2, 0.25) is 5.91 Å². The number of carboxylic acid groups (broad SMARTS) is 1. The van der Waals surface area contributed by atoms with Crippen molar-refractivity contribution in [3.63, 3.8) is 0 Å². The largest absolute Gasteiger partial charge is 0.480 e. The Hall–Kier alpha value is -1.14. The SMILES string of the molecule is O=C(CC1CNC1)N[C@H](CO)C(=O)O. The molecule has 0 spiro atoms. The third kappa shape index (κ3) is 2.97. The first kappa shape index (κ1) is 10.9. The van der Waals surface area contributed by atoms with E-state index in [9.17, 15) is 9.59 Å². The summed E-state index contributed by atoms with van der Waals surface area (Å²) in [5.74, 6) is -1.24. The van der Waals surface area contributed by atoms with Crippen LogP contribution in [0.1, 0.15) is 6.42 Å². The quantitative estimate of drug-likeness (QED) is 0.420. The first-order valence-electron chi connectivity index (χ1n) is 4.47. The third-order valence-electron chi connectivity index (χ3n) is 2.16. The molecule has 0 aliphatic carbocycles. The van der Waals surface area contributed by atoms with Crippen LogP contribution in [0.3, 0.4) is 0 Å². The highest BCUT2D eigenvalue weighted by molar-refractivity contribution is 5.83. The molecule has 4 N–H and O–H groups in total. The molecule has 6 nitrogen and oxygen atoms in total. The van der Waals surface area contributed by atoms with Crippen molar-refractivity contribution in [2.45, 2.75) is 12.5 Å². The normalized spacial score (nSPS) is 18.4. The maximum absolute atomic E-state index is 11.2. The van der Waals surface area contributed by atoms with Gasteiger partial charge in [0, 0.05) is 6.42 Å². The molecule has 14 heavy (non-hydrogen) atoms. The second-order valence-electron chi connectivity index (χ2n) is 3.37. The Kier molecular flexibility index (Phi) is 3.84. The van der Waals surface area contributed by atoms with Crippen LogP contribution < -0.4 is 10.6 Å². The van der Waals surface area contributed by atoms with Crippen LogP contribution in [0.5, 0.6) is 0 Å². The molecule has 0 radical (unpaired) electrons. The Morgan fingerprint density at radius 3 is 2.50 bits per heavy atom. The van der Waals surface area contributed by atoms with Crippen molar-refractivity contribution < 1.29 is 19.8 Å². The van der Waals surface area contributed by atoms with E-state index >= 15 is 0 Å². The highest BCUT2D eigenvalue weighted by Crippen LogP contribution is 2.07. The molecule has 1 heterocycles.